The summed E-state index contributed by atoms with van der Waals surface area (Å²) in [6.07, 6.45) is 1.39. The molecule has 2 N–H and O–H groups in total. The summed E-state index contributed by atoms with van der Waals surface area (Å²) in [5.74, 6) is -1.12. The zero-order valence-corrected chi connectivity index (χ0v) is 17.2. The van der Waals surface area contributed by atoms with E-state index >= 15 is 0 Å². The number of carbonyl (C=O) groups excluding carboxylic acids is 1. The highest BCUT2D eigenvalue weighted by atomic mass is 16.5. The lowest BCUT2D eigenvalue weighted by Crippen LogP contribution is -2.38. The first-order chi connectivity index (χ1) is 13.8. The molecular weight excluding hydrogens is 370 g/mol. The molecule has 3 rings (SSSR count). The van der Waals surface area contributed by atoms with Crippen molar-refractivity contribution < 1.29 is 23.8 Å². The van der Waals surface area contributed by atoms with E-state index in [0.29, 0.717) is 31.8 Å². The van der Waals surface area contributed by atoms with Crippen molar-refractivity contribution in [3.8, 4) is 11.3 Å². The van der Waals surface area contributed by atoms with Gasteiger partial charge < -0.3 is 19.6 Å². The molecule has 1 unspecified atom stereocenters. The number of hydrogen-bond acceptors (Lipinski definition) is 4. The Kier molecular flexibility index (Phi) is 6.42. The number of aliphatic carboxylic acids is 1. The smallest absolute Gasteiger partial charge is 0.308 e. The maximum Gasteiger partial charge on any atom is 0.308 e. The average Bonchev–Trinajstić information content (AvgIpc) is 3.18. The number of furan rings is 1. The van der Waals surface area contributed by atoms with Gasteiger partial charge in [-0.25, -0.2) is 0 Å². The minimum absolute atomic E-state index is 0.00930. The van der Waals surface area contributed by atoms with Crippen LogP contribution >= 0.6 is 0 Å². The largest absolute Gasteiger partial charge is 0.481 e. The summed E-state index contributed by atoms with van der Waals surface area (Å²) >= 11 is 0. The van der Waals surface area contributed by atoms with Crippen LogP contribution in [0.4, 0.5) is 0 Å². The Balaban J connectivity index is 1.63. The summed E-state index contributed by atoms with van der Waals surface area (Å²) in [6, 6.07) is 11.5. The molecule has 0 bridgehead atoms. The molecule has 1 aliphatic rings. The van der Waals surface area contributed by atoms with Gasteiger partial charge >= 0.3 is 5.97 Å². The van der Waals surface area contributed by atoms with E-state index in [1.54, 1.807) is 12.1 Å². The number of carboxylic acid groups (broad SMARTS) is 1. The molecule has 6 nitrogen and oxygen atoms in total. The first kappa shape index (κ1) is 21.1. The second-order valence-electron chi connectivity index (χ2n) is 8.60. The van der Waals surface area contributed by atoms with Crippen LogP contribution in [0.25, 0.3) is 11.3 Å². The summed E-state index contributed by atoms with van der Waals surface area (Å²) in [5, 5.41) is 12.2. The third-order valence-corrected chi connectivity index (χ3v) is 5.50. The predicted octanol–water partition coefficient (Wildman–Crippen LogP) is 4.10. The average molecular weight is 399 g/mol. The normalized spacial score (nSPS) is 16.4. The van der Waals surface area contributed by atoms with E-state index in [0.717, 1.165) is 5.56 Å². The number of carbonyl (C=O) groups is 2. The van der Waals surface area contributed by atoms with Gasteiger partial charge in [0, 0.05) is 25.3 Å². The van der Waals surface area contributed by atoms with E-state index in [4.69, 9.17) is 9.15 Å². The molecule has 1 fully saturated rings. The van der Waals surface area contributed by atoms with Gasteiger partial charge in [-0.15, -0.1) is 0 Å². The van der Waals surface area contributed by atoms with E-state index in [-0.39, 0.29) is 23.6 Å². The van der Waals surface area contributed by atoms with Crippen LogP contribution in [0, 0.1) is 11.8 Å². The number of amides is 1. The Hall–Kier alpha value is -2.60. The summed E-state index contributed by atoms with van der Waals surface area (Å²) in [6.45, 7) is 7.68. The molecule has 1 atom stereocenters. The van der Waals surface area contributed by atoms with E-state index in [1.165, 1.54) is 5.56 Å². The van der Waals surface area contributed by atoms with Gasteiger partial charge in [-0.3, -0.25) is 9.59 Å². The van der Waals surface area contributed by atoms with E-state index in [1.807, 2.05) is 12.1 Å². The van der Waals surface area contributed by atoms with Gasteiger partial charge in [-0.2, -0.15) is 0 Å². The van der Waals surface area contributed by atoms with Gasteiger partial charge in [0.05, 0.1) is 5.92 Å². The first-order valence-corrected chi connectivity index (χ1v) is 10.0. The summed E-state index contributed by atoms with van der Waals surface area (Å²) in [4.78, 5) is 24.1. The Bertz CT molecular complexity index is 841. The molecule has 2 aromatic rings. The summed E-state index contributed by atoms with van der Waals surface area (Å²) in [5.41, 5.74) is 2.18. The molecule has 1 amide bonds. The number of rotatable bonds is 6. The van der Waals surface area contributed by atoms with Crippen molar-refractivity contribution in [2.45, 2.75) is 39.0 Å². The van der Waals surface area contributed by atoms with E-state index in [9.17, 15) is 14.7 Å². The van der Waals surface area contributed by atoms with Crippen molar-refractivity contribution in [1.82, 2.24) is 5.32 Å². The van der Waals surface area contributed by atoms with Crippen LogP contribution < -0.4 is 5.32 Å². The van der Waals surface area contributed by atoms with Crippen LogP contribution in [-0.4, -0.2) is 36.7 Å². The predicted molar refractivity (Wildman–Crippen MR) is 110 cm³/mol. The van der Waals surface area contributed by atoms with E-state index in [2.05, 4.69) is 38.2 Å². The number of carboxylic acids is 1. The third kappa shape index (κ3) is 5.26. The SMILES string of the molecule is CC(C)(C)c1ccc(-c2ccc(C(=O)NCC(C(=O)O)C3CCOCC3)o2)cc1. The van der Waals surface area contributed by atoms with Gasteiger partial charge in [0.2, 0.25) is 0 Å². The molecule has 156 valence electrons. The Morgan fingerprint density at radius 3 is 2.34 bits per heavy atom. The second-order valence-corrected chi connectivity index (χ2v) is 8.60. The van der Waals surface area contributed by atoms with Gasteiger partial charge in [0.15, 0.2) is 5.76 Å². The topological polar surface area (TPSA) is 88.8 Å². The van der Waals surface area contributed by atoms with Crippen molar-refractivity contribution in [1.29, 1.82) is 0 Å². The van der Waals surface area contributed by atoms with Crippen LogP contribution in [-0.2, 0) is 14.9 Å². The molecule has 1 aliphatic heterocycles. The quantitative estimate of drug-likeness (QED) is 0.763. The number of benzene rings is 1. The highest BCUT2D eigenvalue weighted by Gasteiger charge is 2.30. The molecule has 0 aliphatic carbocycles. The molecule has 1 aromatic carbocycles. The fourth-order valence-corrected chi connectivity index (χ4v) is 3.61. The maximum absolute atomic E-state index is 12.5. The van der Waals surface area contributed by atoms with Crippen molar-refractivity contribution >= 4 is 11.9 Å². The molecule has 0 spiro atoms. The van der Waals surface area contributed by atoms with Crippen LogP contribution in [0.2, 0.25) is 0 Å². The summed E-state index contributed by atoms with van der Waals surface area (Å²) in [7, 11) is 0. The molecular formula is C23H29NO5. The number of hydrogen-bond donors (Lipinski definition) is 2. The van der Waals surface area contributed by atoms with Crippen molar-refractivity contribution in [3.05, 3.63) is 47.7 Å². The maximum atomic E-state index is 12.5. The Morgan fingerprint density at radius 1 is 1.10 bits per heavy atom. The Labute approximate surface area is 171 Å². The molecule has 1 aromatic heterocycles. The molecule has 6 heteroatoms. The van der Waals surface area contributed by atoms with Gasteiger partial charge in [-0.1, -0.05) is 45.0 Å². The van der Waals surface area contributed by atoms with Crippen LogP contribution in [0.5, 0.6) is 0 Å². The van der Waals surface area contributed by atoms with Crippen LogP contribution in [0.1, 0.15) is 49.7 Å². The summed E-state index contributed by atoms with van der Waals surface area (Å²) < 4.78 is 11.0. The standard InChI is InChI=1S/C23H29NO5/c1-23(2,3)17-6-4-16(5-7-17)19-8-9-20(29-19)21(25)24-14-18(22(26)27)15-10-12-28-13-11-15/h4-9,15,18H,10-14H2,1-3H3,(H,24,25)(H,26,27). The Morgan fingerprint density at radius 2 is 1.76 bits per heavy atom. The molecule has 2 heterocycles. The van der Waals surface area contributed by atoms with Crippen molar-refractivity contribution in [3.63, 3.8) is 0 Å². The van der Waals surface area contributed by atoms with Gasteiger partial charge in [0.1, 0.15) is 5.76 Å². The third-order valence-electron chi connectivity index (χ3n) is 5.50. The first-order valence-electron chi connectivity index (χ1n) is 10.0. The van der Waals surface area contributed by atoms with Crippen molar-refractivity contribution in [2.75, 3.05) is 19.8 Å². The lowest BCUT2D eigenvalue weighted by molar-refractivity contribution is -0.144. The fraction of sp³-hybridized carbons (Fsp3) is 0.478. The van der Waals surface area contributed by atoms with Crippen molar-refractivity contribution in [2.24, 2.45) is 11.8 Å². The minimum Gasteiger partial charge on any atom is -0.481 e. The van der Waals surface area contributed by atoms with Gasteiger partial charge in [0.25, 0.3) is 5.91 Å². The van der Waals surface area contributed by atoms with E-state index < -0.39 is 17.8 Å². The number of nitrogens with one attached hydrogen (secondary N) is 1. The van der Waals surface area contributed by atoms with Crippen LogP contribution in [0.15, 0.2) is 40.8 Å². The zero-order valence-electron chi connectivity index (χ0n) is 17.2. The zero-order chi connectivity index (χ0) is 21.0. The highest BCUT2D eigenvalue weighted by Crippen LogP contribution is 2.28. The molecule has 1 saturated heterocycles. The molecule has 29 heavy (non-hydrogen) atoms. The lowest BCUT2D eigenvalue weighted by Gasteiger charge is -2.27. The second kappa shape index (κ2) is 8.82. The fourth-order valence-electron chi connectivity index (χ4n) is 3.61. The van der Waals surface area contributed by atoms with Gasteiger partial charge in [-0.05, 0) is 41.9 Å². The highest BCUT2D eigenvalue weighted by molar-refractivity contribution is 5.92. The minimum atomic E-state index is -0.892. The monoisotopic (exact) mass is 399 g/mol. The molecule has 0 saturated carbocycles. The van der Waals surface area contributed by atoms with Crippen LogP contribution in [0.3, 0.4) is 0 Å². The molecule has 0 radical (unpaired) electrons. The lowest BCUT2D eigenvalue weighted by atomic mass is 9.86. The number of ether oxygens (including phenoxy) is 1.